The molecule has 0 aliphatic rings. The minimum absolute atomic E-state index is 0.0723. The van der Waals surface area contributed by atoms with Crippen LogP contribution in [0.3, 0.4) is 0 Å². The van der Waals surface area contributed by atoms with Crippen LogP contribution in [-0.2, 0) is 10.0 Å². The molecule has 0 saturated heterocycles. The van der Waals surface area contributed by atoms with E-state index in [1.807, 2.05) is 0 Å². The maximum absolute atomic E-state index is 13.6. The molecule has 0 amide bonds. The van der Waals surface area contributed by atoms with Gasteiger partial charge in [-0.3, -0.25) is 0 Å². The number of rotatable bonds is 4. The van der Waals surface area contributed by atoms with Crippen molar-refractivity contribution in [1.29, 1.82) is 0 Å². The molecule has 94 valence electrons. The molecule has 17 heavy (non-hydrogen) atoms. The van der Waals surface area contributed by atoms with Gasteiger partial charge in [-0.1, -0.05) is 17.7 Å². The zero-order chi connectivity index (χ0) is 13.2. The average molecular weight is 279 g/mol. The van der Waals surface area contributed by atoms with Crippen LogP contribution >= 0.6 is 11.6 Å². The summed E-state index contributed by atoms with van der Waals surface area (Å²) in [5, 5.41) is -0.336. The number of nitrogens with one attached hydrogen (secondary N) is 1. The van der Waals surface area contributed by atoms with Crippen molar-refractivity contribution in [1.82, 2.24) is 4.72 Å². The first-order valence-electron chi connectivity index (χ1n) is 4.67. The predicted molar refractivity (Wildman–Crippen MR) is 65.8 cm³/mol. The van der Waals surface area contributed by atoms with Crippen molar-refractivity contribution >= 4 is 27.3 Å². The van der Waals surface area contributed by atoms with Gasteiger partial charge in [0.2, 0.25) is 10.0 Å². The summed E-state index contributed by atoms with van der Waals surface area (Å²) < 4.78 is 39.4. The number of nitrogens with two attached hydrogens (primary N) is 1. The summed E-state index contributed by atoms with van der Waals surface area (Å²) in [4.78, 5) is -0.573. The molecule has 1 atom stereocenters. The van der Waals surface area contributed by atoms with Crippen molar-refractivity contribution < 1.29 is 12.8 Å². The van der Waals surface area contributed by atoms with Crippen LogP contribution in [0.5, 0.6) is 0 Å². The Morgan fingerprint density at radius 3 is 2.71 bits per heavy atom. The first-order chi connectivity index (χ1) is 7.77. The Hall–Kier alpha value is -1.11. The Balaban J connectivity index is 3.29. The quantitative estimate of drug-likeness (QED) is 0.653. The molecule has 0 spiro atoms. The summed E-state index contributed by atoms with van der Waals surface area (Å²) in [7, 11) is -4.01. The average Bonchev–Trinajstić information content (AvgIpc) is 2.22. The van der Waals surface area contributed by atoms with Gasteiger partial charge in [0.25, 0.3) is 0 Å². The van der Waals surface area contributed by atoms with E-state index in [1.165, 1.54) is 6.08 Å². The molecule has 0 heterocycles. The van der Waals surface area contributed by atoms with Crippen LogP contribution in [0.4, 0.5) is 10.1 Å². The van der Waals surface area contributed by atoms with Gasteiger partial charge >= 0.3 is 0 Å². The van der Waals surface area contributed by atoms with E-state index < -0.39 is 26.8 Å². The van der Waals surface area contributed by atoms with Crippen molar-refractivity contribution in [3.8, 4) is 0 Å². The SMILES string of the molecule is C=CC(C)NS(=O)(=O)c1cc(N)cc(Cl)c1F. The number of nitrogen functional groups attached to an aromatic ring is 1. The van der Waals surface area contributed by atoms with Crippen molar-refractivity contribution in [3.63, 3.8) is 0 Å². The summed E-state index contributed by atoms with van der Waals surface area (Å²) in [5.41, 5.74) is 5.50. The van der Waals surface area contributed by atoms with Crippen molar-refractivity contribution in [2.75, 3.05) is 5.73 Å². The lowest BCUT2D eigenvalue weighted by molar-refractivity contribution is 0.553. The van der Waals surface area contributed by atoms with E-state index in [0.29, 0.717) is 0 Å². The molecule has 1 unspecified atom stereocenters. The normalized spacial score (nSPS) is 13.4. The topological polar surface area (TPSA) is 72.2 Å². The monoisotopic (exact) mass is 278 g/mol. The van der Waals surface area contributed by atoms with E-state index in [9.17, 15) is 12.8 Å². The van der Waals surface area contributed by atoms with Gasteiger partial charge in [-0.15, -0.1) is 6.58 Å². The third-order valence-corrected chi connectivity index (χ3v) is 3.83. The van der Waals surface area contributed by atoms with Crippen molar-refractivity contribution in [3.05, 3.63) is 35.6 Å². The molecule has 0 aliphatic heterocycles. The van der Waals surface area contributed by atoms with Gasteiger partial charge in [-0.2, -0.15) is 0 Å². The highest BCUT2D eigenvalue weighted by atomic mass is 35.5. The number of halogens is 2. The molecule has 7 heteroatoms. The van der Waals surface area contributed by atoms with E-state index in [4.69, 9.17) is 17.3 Å². The van der Waals surface area contributed by atoms with Gasteiger partial charge in [0.15, 0.2) is 5.82 Å². The number of hydrogen-bond acceptors (Lipinski definition) is 3. The molecule has 0 fully saturated rings. The number of hydrogen-bond donors (Lipinski definition) is 2. The molecule has 1 aromatic rings. The van der Waals surface area contributed by atoms with E-state index in [1.54, 1.807) is 6.92 Å². The summed E-state index contributed by atoms with van der Waals surface area (Å²) >= 11 is 5.53. The molecule has 0 saturated carbocycles. The van der Waals surface area contributed by atoms with Crippen LogP contribution in [0, 0.1) is 5.82 Å². The number of benzene rings is 1. The number of anilines is 1. The third-order valence-electron chi connectivity index (χ3n) is 2.00. The molecule has 1 aromatic carbocycles. The lowest BCUT2D eigenvalue weighted by atomic mass is 10.3. The maximum Gasteiger partial charge on any atom is 0.244 e. The lowest BCUT2D eigenvalue weighted by Crippen LogP contribution is -2.31. The summed E-state index contributed by atoms with van der Waals surface area (Å²) in [6, 6.07) is 1.63. The molecule has 0 bridgehead atoms. The standard InChI is InChI=1S/C10H12ClFN2O2S/c1-3-6(2)14-17(15,16)9-5-7(13)4-8(11)10(9)12/h3-6,14H,1,13H2,2H3. The molecule has 3 N–H and O–H groups in total. The molecule has 0 aliphatic carbocycles. The van der Waals surface area contributed by atoms with E-state index in [0.717, 1.165) is 12.1 Å². The van der Waals surface area contributed by atoms with Gasteiger partial charge < -0.3 is 5.73 Å². The molecule has 0 aromatic heterocycles. The third kappa shape index (κ3) is 3.18. The van der Waals surface area contributed by atoms with Gasteiger partial charge in [0, 0.05) is 11.7 Å². The summed E-state index contributed by atoms with van der Waals surface area (Å²) in [5.74, 6) is -1.02. The minimum atomic E-state index is -4.01. The molecule has 4 nitrogen and oxygen atoms in total. The predicted octanol–water partition coefficient (Wildman–Crippen LogP) is 1.91. The van der Waals surface area contributed by atoms with Crippen LogP contribution in [0.1, 0.15) is 6.92 Å². The Morgan fingerprint density at radius 1 is 1.59 bits per heavy atom. The maximum atomic E-state index is 13.6. The van der Waals surface area contributed by atoms with E-state index in [2.05, 4.69) is 11.3 Å². The Labute approximate surface area is 104 Å². The fourth-order valence-electron chi connectivity index (χ4n) is 1.14. The lowest BCUT2D eigenvalue weighted by Gasteiger charge is -2.12. The van der Waals surface area contributed by atoms with Crippen LogP contribution in [-0.4, -0.2) is 14.5 Å². The van der Waals surface area contributed by atoms with Crippen LogP contribution in [0.2, 0.25) is 5.02 Å². The Morgan fingerprint density at radius 2 is 2.18 bits per heavy atom. The Kier molecular flexibility index (Phi) is 4.13. The van der Waals surface area contributed by atoms with Gasteiger partial charge in [0.1, 0.15) is 4.90 Å². The zero-order valence-electron chi connectivity index (χ0n) is 9.07. The Bertz CT molecular complexity index is 545. The fraction of sp³-hybridized carbons (Fsp3) is 0.200. The second-order valence-electron chi connectivity index (χ2n) is 3.46. The zero-order valence-corrected chi connectivity index (χ0v) is 10.6. The summed E-state index contributed by atoms with van der Waals surface area (Å²) in [6.45, 7) is 4.99. The van der Waals surface area contributed by atoms with Crippen molar-refractivity contribution in [2.45, 2.75) is 17.9 Å². The second kappa shape index (κ2) is 5.03. The van der Waals surface area contributed by atoms with Crippen LogP contribution in [0.25, 0.3) is 0 Å². The van der Waals surface area contributed by atoms with Gasteiger partial charge in [-0.25, -0.2) is 17.5 Å². The van der Waals surface area contributed by atoms with Gasteiger partial charge in [-0.05, 0) is 19.1 Å². The first kappa shape index (κ1) is 14.0. The highest BCUT2D eigenvalue weighted by Crippen LogP contribution is 2.25. The fourth-order valence-corrected chi connectivity index (χ4v) is 2.77. The second-order valence-corrected chi connectivity index (χ2v) is 5.55. The first-order valence-corrected chi connectivity index (χ1v) is 6.53. The van der Waals surface area contributed by atoms with E-state index >= 15 is 0 Å². The molecular formula is C10H12ClFN2O2S. The van der Waals surface area contributed by atoms with Crippen molar-refractivity contribution in [2.24, 2.45) is 0 Å². The molecular weight excluding hydrogens is 267 g/mol. The number of sulfonamides is 1. The highest BCUT2D eigenvalue weighted by Gasteiger charge is 2.22. The minimum Gasteiger partial charge on any atom is -0.399 e. The van der Waals surface area contributed by atoms with Gasteiger partial charge in [0.05, 0.1) is 5.02 Å². The summed E-state index contributed by atoms with van der Waals surface area (Å²) in [6.07, 6.45) is 1.38. The molecule has 0 radical (unpaired) electrons. The largest absolute Gasteiger partial charge is 0.399 e. The smallest absolute Gasteiger partial charge is 0.244 e. The van der Waals surface area contributed by atoms with E-state index in [-0.39, 0.29) is 10.7 Å². The van der Waals surface area contributed by atoms with Crippen LogP contribution in [0.15, 0.2) is 29.7 Å². The highest BCUT2D eigenvalue weighted by molar-refractivity contribution is 7.89. The van der Waals surface area contributed by atoms with Crippen LogP contribution < -0.4 is 10.5 Å². The molecule has 1 rings (SSSR count).